The second kappa shape index (κ2) is 6.52. The number of hydrogen-bond donors (Lipinski definition) is 0. The number of hydrogen-bond acceptors (Lipinski definition) is 4. The van der Waals surface area contributed by atoms with Crippen molar-refractivity contribution in [1.29, 1.82) is 5.26 Å². The number of amides is 2. The van der Waals surface area contributed by atoms with E-state index in [2.05, 4.69) is 11.1 Å². The Kier molecular flexibility index (Phi) is 4.71. The maximum absolute atomic E-state index is 12.8. The highest BCUT2D eigenvalue weighted by atomic mass is 19.1. The molecule has 6 nitrogen and oxygen atoms in total. The monoisotopic (exact) mass is 304 g/mol. The van der Waals surface area contributed by atoms with Crippen LogP contribution in [0.25, 0.3) is 0 Å². The van der Waals surface area contributed by atoms with Gasteiger partial charge >= 0.3 is 0 Å². The van der Waals surface area contributed by atoms with Crippen LogP contribution in [0.3, 0.4) is 0 Å². The Bertz CT molecular complexity index is 611. The Hall–Kier alpha value is -2.49. The predicted octanol–water partition coefficient (Wildman–Crippen LogP) is 1.05. The number of nitrogens with zero attached hydrogens (tertiary/aromatic N) is 4. The molecule has 1 fully saturated rings. The van der Waals surface area contributed by atoms with Gasteiger partial charge in [0, 0.05) is 13.6 Å². The van der Waals surface area contributed by atoms with Gasteiger partial charge in [0.25, 0.3) is 5.91 Å². The molecule has 2 unspecified atom stereocenters. The molecular weight excluding hydrogens is 287 g/mol. The fourth-order valence-corrected chi connectivity index (χ4v) is 2.51. The highest BCUT2D eigenvalue weighted by Gasteiger charge is 2.33. The van der Waals surface area contributed by atoms with Crippen molar-refractivity contribution in [3.8, 4) is 6.07 Å². The Morgan fingerprint density at radius 3 is 2.86 bits per heavy atom. The number of aromatic nitrogens is 1. The summed E-state index contributed by atoms with van der Waals surface area (Å²) in [5.74, 6) is -0.991. The van der Waals surface area contributed by atoms with E-state index in [1.54, 1.807) is 0 Å². The lowest BCUT2D eigenvalue weighted by Crippen LogP contribution is -2.43. The number of halogens is 1. The zero-order valence-corrected chi connectivity index (χ0v) is 12.5. The lowest BCUT2D eigenvalue weighted by molar-refractivity contribution is -0.131. The number of likely N-dealkylation sites (N-methyl/N-ethyl adjacent to an activating group) is 1. The van der Waals surface area contributed by atoms with Crippen LogP contribution < -0.4 is 0 Å². The van der Waals surface area contributed by atoms with Gasteiger partial charge in [-0.3, -0.25) is 9.59 Å². The van der Waals surface area contributed by atoms with Crippen LogP contribution in [0.5, 0.6) is 0 Å². The van der Waals surface area contributed by atoms with E-state index in [0.29, 0.717) is 13.0 Å². The van der Waals surface area contributed by atoms with Crippen LogP contribution in [0.15, 0.2) is 18.3 Å². The molecule has 0 aliphatic carbocycles. The summed E-state index contributed by atoms with van der Waals surface area (Å²) in [7, 11) is 1.48. The minimum absolute atomic E-state index is 0.0725. The first-order valence-electron chi connectivity index (χ1n) is 6.98. The molecule has 2 amide bonds. The lowest BCUT2D eigenvalue weighted by Gasteiger charge is -2.23. The smallest absolute Gasteiger partial charge is 0.272 e. The standard InChI is InChI=1S/C15H17FN4O2/c1-10-5-12(6-17)20(8-10)14(21)9-19(2)15(22)13-4-3-11(16)7-18-13/h3-4,7,10,12H,5,8-9H2,1-2H3. The highest BCUT2D eigenvalue weighted by molar-refractivity contribution is 5.94. The van der Waals surface area contributed by atoms with Gasteiger partial charge in [0.1, 0.15) is 17.6 Å². The van der Waals surface area contributed by atoms with Crippen molar-refractivity contribution in [2.75, 3.05) is 20.1 Å². The van der Waals surface area contributed by atoms with Crippen LogP contribution in [0, 0.1) is 23.1 Å². The average Bonchev–Trinajstić information content (AvgIpc) is 2.88. The summed E-state index contributed by atoms with van der Waals surface area (Å²) in [6, 6.07) is 4.09. The maximum Gasteiger partial charge on any atom is 0.272 e. The normalized spacial score (nSPS) is 20.5. The molecule has 0 aromatic carbocycles. The number of carbonyl (C=O) groups is 2. The third-order valence-electron chi connectivity index (χ3n) is 3.65. The lowest BCUT2D eigenvalue weighted by atomic mass is 10.1. The quantitative estimate of drug-likeness (QED) is 0.836. The molecule has 7 heteroatoms. The molecule has 1 aliphatic heterocycles. The average molecular weight is 304 g/mol. The second-order valence-corrected chi connectivity index (χ2v) is 5.55. The molecular formula is C15H17FN4O2. The van der Waals surface area contributed by atoms with E-state index in [1.807, 2.05) is 6.92 Å². The summed E-state index contributed by atoms with van der Waals surface area (Å²) in [5, 5.41) is 9.08. The second-order valence-electron chi connectivity index (χ2n) is 5.55. The van der Waals surface area contributed by atoms with Crippen molar-refractivity contribution in [2.24, 2.45) is 5.92 Å². The summed E-state index contributed by atoms with van der Waals surface area (Å²) in [4.78, 5) is 30.8. The molecule has 1 saturated heterocycles. The Morgan fingerprint density at radius 2 is 2.27 bits per heavy atom. The maximum atomic E-state index is 12.8. The van der Waals surface area contributed by atoms with E-state index >= 15 is 0 Å². The molecule has 0 saturated carbocycles. The van der Waals surface area contributed by atoms with Crippen LogP contribution in [0.1, 0.15) is 23.8 Å². The van der Waals surface area contributed by atoms with Gasteiger partial charge in [0.15, 0.2) is 0 Å². The summed E-state index contributed by atoms with van der Waals surface area (Å²) >= 11 is 0. The number of carbonyl (C=O) groups excluding carboxylic acids is 2. The first kappa shape index (κ1) is 15.9. The predicted molar refractivity (Wildman–Crippen MR) is 76.1 cm³/mol. The topological polar surface area (TPSA) is 77.3 Å². The van der Waals surface area contributed by atoms with E-state index in [0.717, 1.165) is 12.3 Å². The molecule has 0 radical (unpaired) electrons. The molecule has 116 valence electrons. The van der Waals surface area contributed by atoms with E-state index in [-0.39, 0.29) is 24.1 Å². The van der Waals surface area contributed by atoms with Gasteiger partial charge in [-0.15, -0.1) is 0 Å². The van der Waals surface area contributed by atoms with Gasteiger partial charge in [-0.2, -0.15) is 5.26 Å². The first-order valence-corrected chi connectivity index (χ1v) is 6.98. The number of likely N-dealkylation sites (tertiary alicyclic amines) is 1. The molecule has 0 bridgehead atoms. The molecule has 0 N–H and O–H groups in total. The van der Waals surface area contributed by atoms with Crippen molar-refractivity contribution in [3.63, 3.8) is 0 Å². The van der Waals surface area contributed by atoms with Gasteiger partial charge in [-0.05, 0) is 24.5 Å². The highest BCUT2D eigenvalue weighted by Crippen LogP contribution is 2.22. The Labute approximate surface area is 128 Å². The molecule has 1 aromatic rings. The molecule has 1 aliphatic rings. The molecule has 22 heavy (non-hydrogen) atoms. The van der Waals surface area contributed by atoms with E-state index in [9.17, 15) is 14.0 Å². The first-order chi connectivity index (χ1) is 10.4. The summed E-state index contributed by atoms with van der Waals surface area (Å²) < 4.78 is 12.8. The van der Waals surface area contributed by atoms with Crippen molar-refractivity contribution < 1.29 is 14.0 Å². The van der Waals surface area contributed by atoms with Gasteiger partial charge in [-0.25, -0.2) is 9.37 Å². The molecule has 0 spiro atoms. The number of nitriles is 1. The van der Waals surface area contributed by atoms with Gasteiger partial charge in [-0.1, -0.05) is 6.92 Å². The number of pyridine rings is 1. The Morgan fingerprint density at radius 1 is 1.55 bits per heavy atom. The van der Waals surface area contributed by atoms with Crippen molar-refractivity contribution >= 4 is 11.8 Å². The van der Waals surface area contributed by atoms with E-state index in [1.165, 1.54) is 22.9 Å². The zero-order valence-electron chi connectivity index (χ0n) is 12.5. The van der Waals surface area contributed by atoms with E-state index in [4.69, 9.17) is 5.26 Å². The largest absolute Gasteiger partial charge is 0.331 e. The molecule has 2 rings (SSSR count). The minimum atomic E-state index is -0.529. The van der Waals surface area contributed by atoms with Crippen LogP contribution in [-0.2, 0) is 4.79 Å². The fourth-order valence-electron chi connectivity index (χ4n) is 2.51. The minimum Gasteiger partial charge on any atom is -0.331 e. The molecule has 1 aromatic heterocycles. The van der Waals surface area contributed by atoms with Crippen LogP contribution in [-0.4, -0.2) is 52.8 Å². The third-order valence-corrected chi connectivity index (χ3v) is 3.65. The fraction of sp³-hybridized carbons (Fsp3) is 0.467. The molecule has 2 atom stereocenters. The molecule has 2 heterocycles. The summed E-state index contributed by atoms with van der Waals surface area (Å²) in [6.45, 7) is 2.37. The SMILES string of the molecule is CC1CC(C#N)N(C(=O)CN(C)C(=O)c2ccc(F)cn2)C1. The van der Waals surface area contributed by atoms with E-state index < -0.39 is 17.8 Å². The van der Waals surface area contributed by atoms with Gasteiger partial charge in [0.05, 0.1) is 18.8 Å². The van der Waals surface area contributed by atoms with Crippen molar-refractivity contribution in [3.05, 3.63) is 29.8 Å². The van der Waals surface area contributed by atoms with Crippen molar-refractivity contribution in [1.82, 2.24) is 14.8 Å². The van der Waals surface area contributed by atoms with Gasteiger partial charge < -0.3 is 9.80 Å². The summed E-state index contributed by atoms with van der Waals surface area (Å²) in [5.41, 5.74) is 0.0725. The number of rotatable bonds is 3. The Balaban J connectivity index is 2.00. The van der Waals surface area contributed by atoms with Crippen LogP contribution in [0.2, 0.25) is 0 Å². The van der Waals surface area contributed by atoms with Gasteiger partial charge in [0.2, 0.25) is 5.91 Å². The summed E-state index contributed by atoms with van der Waals surface area (Å²) in [6.07, 6.45) is 1.61. The third kappa shape index (κ3) is 3.39. The zero-order chi connectivity index (χ0) is 16.3. The van der Waals surface area contributed by atoms with Crippen molar-refractivity contribution in [2.45, 2.75) is 19.4 Å². The van der Waals surface area contributed by atoms with Crippen LogP contribution >= 0.6 is 0 Å². The van der Waals surface area contributed by atoms with Crippen LogP contribution in [0.4, 0.5) is 4.39 Å².